The molecule has 2 unspecified atom stereocenters. The van der Waals surface area contributed by atoms with Crippen LogP contribution in [0.1, 0.15) is 38.3 Å². The molecule has 2 atom stereocenters. The van der Waals surface area contributed by atoms with Crippen LogP contribution in [-0.2, 0) is 4.74 Å². The number of benzene rings is 1. The van der Waals surface area contributed by atoms with Crippen molar-refractivity contribution in [3.8, 4) is 0 Å². The molecule has 0 aliphatic carbocycles. The largest absolute Gasteiger partial charge is 0.383 e. The number of nitrogens with zero attached hydrogens (tertiary/aromatic N) is 1. The third-order valence-electron chi connectivity index (χ3n) is 4.13. The minimum Gasteiger partial charge on any atom is -0.383 e. The Bertz CT molecular complexity index is 400. The zero-order chi connectivity index (χ0) is 15.7. The Morgan fingerprint density at radius 1 is 1.29 bits per heavy atom. The van der Waals surface area contributed by atoms with Crippen LogP contribution in [0.4, 0.5) is 0 Å². The molecule has 1 aromatic rings. The first-order chi connectivity index (χ1) is 10.1. The lowest BCUT2D eigenvalue weighted by Gasteiger charge is -2.30. The quantitative estimate of drug-likeness (QED) is 0.712. The van der Waals surface area contributed by atoms with Crippen molar-refractivity contribution >= 4 is 11.6 Å². The van der Waals surface area contributed by atoms with Gasteiger partial charge in [-0.1, -0.05) is 36.7 Å². The first kappa shape index (κ1) is 18.4. The molecule has 0 aromatic heterocycles. The fourth-order valence-electron chi connectivity index (χ4n) is 2.53. The van der Waals surface area contributed by atoms with Crippen LogP contribution in [0.2, 0.25) is 5.02 Å². The highest BCUT2D eigenvalue weighted by Crippen LogP contribution is 2.25. The maximum Gasteiger partial charge on any atom is 0.0589 e. The number of nitrogens with one attached hydrogen (secondary N) is 1. The van der Waals surface area contributed by atoms with E-state index in [-0.39, 0.29) is 6.04 Å². The fourth-order valence-corrected chi connectivity index (χ4v) is 2.79. The summed E-state index contributed by atoms with van der Waals surface area (Å²) in [6.45, 7) is 7.30. The van der Waals surface area contributed by atoms with Crippen molar-refractivity contribution in [2.45, 2.75) is 38.8 Å². The van der Waals surface area contributed by atoms with Crippen LogP contribution < -0.4 is 5.32 Å². The molecule has 1 rings (SSSR count). The van der Waals surface area contributed by atoms with Crippen LogP contribution in [0, 0.1) is 0 Å². The van der Waals surface area contributed by atoms with Gasteiger partial charge in [0.15, 0.2) is 0 Å². The molecular weight excluding hydrogens is 284 g/mol. The zero-order valence-corrected chi connectivity index (χ0v) is 14.5. The SMILES string of the molecule is CCC(C)N(CCOC)CCC(NC)c1ccccc1Cl. The van der Waals surface area contributed by atoms with E-state index in [1.54, 1.807) is 7.11 Å². The van der Waals surface area contributed by atoms with E-state index >= 15 is 0 Å². The summed E-state index contributed by atoms with van der Waals surface area (Å²) < 4.78 is 5.23. The van der Waals surface area contributed by atoms with E-state index in [2.05, 4.69) is 30.1 Å². The minimum atomic E-state index is 0.285. The van der Waals surface area contributed by atoms with E-state index in [0.717, 1.165) is 37.6 Å². The maximum atomic E-state index is 6.31. The highest BCUT2D eigenvalue weighted by Gasteiger charge is 2.17. The molecule has 0 amide bonds. The Labute approximate surface area is 134 Å². The summed E-state index contributed by atoms with van der Waals surface area (Å²) in [6.07, 6.45) is 2.19. The van der Waals surface area contributed by atoms with E-state index in [1.807, 2.05) is 25.2 Å². The molecule has 0 saturated carbocycles. The van der Waals surface area contributed by atoms with Gasteiger partial charge >= 0.3 is 0 Å². The van der Waals surface area contributed by atoms with E-state index in [0.29, 0.717) is 6.04 Å². The number of rotatable bonds is 10. The number of hydrogen-bond donors (Lipinski definition) is 1. The Morgan fingerprint density at radius 2 is 2.00 bits per heavy atom. The number of methoxy groups -OCH3 is 1. The second-order valence-corrected chi connectivity index (χ2v) is 5.84. The zero-order valence-electron chi connectivity index (χ0n) is 13.7. The molecule has 0 radical (unpaired) electrons. The summed E-state index contributed by atoms with van der Waals surface area (Å²) in [5.41, 5.74) is 1.18. The van der Waals surface area contributed by atoms with Crippen molar-refractivity contribution < 1.29 is 4.74 Å². The van der Waals surface area contributed by atoms with Crippen molar-refractivity contribution in [2.75, 3.05) is 33.9 Å². The normalized spacial score (nSPS) is 14.4. The summed E-state index contributed by atoms with van der Waals surface area (Å²) in [5, 5.41) is 4.22. The van der Waals surface area contributed by atoms with Gasteiger partial charge in [0.2, 0.25) is 0 Å². The van der Waals surface area contributed by atoms with Crippen LogP contribution in [0.5, 0.6) is 0 Å². The van der Waals surface area contributed by atoms with E-state index in [1.165, 1.54) is 5.56 Å². The standard InChI is InChI=1S/C17H29ClN2O/c1-5-14(2)20(12-13-21-4)11-10-17(19-3)15-8-6-7-9-16(15)18/h6-9,14,17,19H,5,10-13H2,1-4H3. The Kier molecular flexibility index (Phi) is 8.93. The van der Waals surface area contributed by atoms with Crippen LogP contribution in [-0.4, -0.2) is 44.8 Å². The van der Waals surface area contributed by atoms with Crippen molar-refractivity contribution in [3.63, 3.8) is 0 Å². The Morgan fingerprint density at radius 3 is 2.57 bits per heavy atom. The summed E-state index contributed by atoms with van der Waals surface area (Å²) in [6, 6.07) is 8.94. The third-order valence-corrected chi connectivity index (χ3v) is 4.48. The molecule has 4 heteroatoms. The average Bonchev–Trinajstić information content (AvgIpc) is 2.51. The molecular formula is C17H29ClN2O. The van der Waals surface area contributed by atoms with Crippen LogP contribution in [0.3, 0.4) is 0 Å². The molecule has 0 aliphatic heterocycles. The van der Waals surface area contributed by atoms with E-state index in [4.69, 9.17) is 16.3 Å². The van der Waals surface area contributed by atoms with Gasteiger partial charge < -0.3 is 10.1 Å². The smallest absolute Gasteiger partial charge is 0.0589 e. The van der Waals surface area contributed by atoms with Crippen LogP contribution >= 0.6 is 11.6 Å². The van der Waals surface area contributed by atoms with Gasteiger partial charge in [0.1, 0.15) is 0 Å². The molecule has 0 saturated heterocycles. The molecule has 0 spiro atoms. The first-order valence-corrected chi connectivity index (χ1v) is 8.16. The van der Waals surface area contributed by atoms with Crippen molar-refractivity contribution in [3.05, 3.63) is 34.9 Å². The summed E-state index contributed by atoms with van der Waals surface area (Å²) in [5.74, 6) is 0. The van der Waals surface area contributed by atoms with Gasteiger partial charge in [-0.25, -0.2) is 0 Å². The second kappa shape index (κ2) is 10.2. The van der Waals surface area contributed by atoms with Crippen LogP contribution in [0.15, 0.2) is 24.3 Å². The number of ether oxygens (including phenoxy) is 1. The lowest BCUT2D eigenvalue weighted by molar-refractivity contribution is 0.119. The number of halogens is 1. The summed E-state index contributed by atoms with van der Waals surface area (Å²) in [4.78, 5) is 2.49. The van der Waals surface area contributed by atoms with Crippen LogP contribution in [0.25, 0.3) is 0 Å². The summed E-state index contributed by atoms with van der Waals surface area (Å²) >= 11 is 6.31. The maximum absolute atomic E-state index is 6.31. The fraction of sp³-hybridized carbons (Fsp3) is 0.647. The first-order valence-electron chi connectivity index (χ1n) is 7.78. The van der Waals surface area contributed by atoms with E-state index in [9.17, 15) is 0 Å². The molecule has 21 heavy (non-hydrogen) atoms. The van der Waals surface area contributed by atoms with Gasteiger partial charge in [-0.05, 0) is 38.4 Å². The van der Waals surface area contributed by atoms with Crippen molar-refractivity contribution in [1.29, 1.82) is 0 Å². The Balaban J connectivity index is 2.65. The predicted octanol–water partition coefficient (Wildman–Crippen LogP) is 3.74. The number of hydrogen-bond acceptors (Lipinski definition) is 3. The molecule has 120 valence electrons. The topological polar surface area (TPSA) is 24.5 Å². The predicted molar refractivity (Wildman–Crippen MR) is 91.1 cm³/mol. The second-order valence-electron chi connectivity index (χ2n) is 5.44. The lowest BCUT2D eigenvalue weighted by Crippen LogP contribution is -2.37. The van der Waals surface area contributed by atoms with Gasteiger partial charge in [0.25, 0.3) is 0 Å². The third kappa shape index (κ3) is 5.95. The molecule has 3 nitrogen and oxygen atoms in total. The monoisotopic (exact) mass is 312 g/mol. The highest BCUT2D eigenvalue weighted by molar-refractivity contribution is 6.31. The van der Waals surface area contributed by atoms with Gasteiger partial charge in [-0.2, -0.15) is 0 Å². The molecule has 0 bridgehead atoms. The molecule has 1 aromatic carbocycles. The average molecular weight is 313 g/mol. The van der Waals surface area contributed by atoms with Gasteiger partial charge in [-0.3, -0.25) is 4.90 Å². The van der Waals surface area contributed by atoms with Gasteiger partial charge in [-0.15, -0.1) is 0 Å². The Hall–Kier alpha value is -0.610. The van der Waals surface area contributed by atoms with E-state index < -0.39 is 0 Å². The molecule has 0 heterocycles. The lowest BCUT2D eigenvalue weighted by atomic mass is 10.0. The molecule has 1 N–H and O–H groups in total. The molecule has 0 aliphatic rings. The van der Waals surface area contributed by atoms with Crippen molar-refractivity contribution in [1.82, 2.24) is 10.2 Å². The highest BCUT2D eigenvalue weighted by atomic mass is 35.5. The molecule has 0 fully saturated rings. The van der Waals surface area contributed by atoms with Gasteiger partial charge in [0.05, 0.1) is 6.61 Å². The minimum absolute atomic E-state index is 0.285. The summed E-state index contributed by atoms with van der Waals surface area (Å²) in [7, 11) is 3.76. The van der Waals surface area contributed by atoms with Gasteiger partial charge in [0, 0.05) is 37.3 Å². The van der Waals surface area contributed by atoms with Crippen molar-refractivity contribution in [2.24, 2.45) is 0 Å².